The van der Waals surface area contributed by atoms with Gasteiger partial charge in [0.2, 0.25) is 5.91 Å². The molecule has 3 N–H and O–H groups in total. The van der Waals surface area contributed by atoms with Crippen molar-refractivity contribution in [2.45, 2.75) is 6.42 Å². The number of likely N-dealkylation sites (N-methyl/N-ethyl adjacent to an activating group) is 1. The minimum absolute atomic E-state index is 0.0651. The van der Waals surface area contributed by atoms with Crippen LogP contribution in [0.4, 0.5) is 0 Å². The SMILES string of the molecule is CNC(=O)Cc1ncccc1C(N)=O. The number of aromatic nitrogens is 1. The second-order valence-electron chi connectivity index (χ2n) is 2.71. The topological polar surface area (TPSA) is 85.1 Å². The Morgan fingerprint density at radius 3 is 2.86 bits per heavy atom. The van der Waals surface area contributed by atoms with Crippen LogP contribution in [0.1, 0.15) is 16.1 Å². The van der Waals surface area contributed by atoms with Gasteiger partial charge in [-0.25, -0.2) is 0 Å². The molecule has 0 saturated heterocycles. The third-order valence-electron chi connectivity index (χ3n) is 1.76. The van der Waals surface area contributed by atoms with E-state index in [2.05, 4.69) is 10.3 Å². The number of rotatable bonds is 3. The Labute approximate surface area is 81.3 Å². The molecule has 5 heteroatoms. The van der Waals surface area contributed by atoms with Crippen molar-refractivity contribution in [3.63, 3.8) is 0 Å². The average molecular weight is 193 g/mol. The highest BCUT2D eigenvalue weighted by atomic mass is 16.2. The maximum atomic E-state index is 11.1. The fourth-order valence-electron chi connectivity index (χ4n) is 1.04. The van der Waals surface area contributed by atoms with Crippen molar-refractivity contribution in [3.8, 4) is 0 Å². The Hall–Kier alpha value is -1.91. The van der Waals surface area contributed by atoms with Crippen molar-refractivity contribution in [2.75, 3.05) is 7.05 Å². The Bertz CT molecular complexity index is 363. The van der Waals surface area contributed by atoms with Gasteiger partial charge < -0.3 is 11.1 Å². The zero-order valence-electron chi connectivity index (χ0n) is 7.78. The number of carbonyl (C=O) groups is 2. The van der Waals surface area contributed by atoms with Crippen LogP contribution >= 0.6 is 0 Å². The number of pyridine rings is 1. The summed E-state index contributed by atoms with van der Waals surface area (Å²) in [4.78, 5) is 25.9. The molecular weight excluding hydrogens is 182 g/mol. The van der Waals surface area contributed by atoms with Crippen LogP contribution in [0.3, 0.4) is 0 Å². The number of nitrogens with zero attached hydrogens (tertiary/aromatic N) is 1. The van der Waals surface area contributed by atoms with E-state index in [4.69, 9.17) is 5.73 Å². The van der Waals surface area contributed by atoms with Gasteiger partial charge in [0.15, 0.2) is 0 Å². The molecule has 2 amide bonds. The first-order chi connectivity index (χ1) is 6.65. The minimum atomic E-state index is -0.572. The lowest BCUT2D eigenvalue weighted by atomic mass is 10.1. The van der Waals surface area contributed by atoms with Gasteiger partial charge in [-0.05, 0) is 12.1 Å². The molecule has 0 atom stereocenters. The van der Waals surface area contributed by atoms with E-state index in [9.17, 15) is 9.59 Å². The average Bonchev–Trinajstić information content (AvgIpc) is 2.18. The highest BCUT2D eigenvalue weighted by molar-refractivity contribution is 5.95. The Kier molecular flexibility index (Phi) is 3.17. The highest BCUT2D eigenvalue weighted by Gasteiger charge is 2.11. The summed E-state index contributed by atoms with van der Waals surface area (Å²) in [7, 11) is 1.52. The van der Waals surface area contributed by atoms with Gasteiger partial charge in [-0.3, -0.25) is 14.6 Å². The first-order valence-electron chi connectivity index (χ1n) is 4.09. The van der Waals surface area contributed by atoms with Gasteiger partial charge in [0.25, 0.3) is 5.91 Å². The lowest BCUT2D eigenvalue weighted by molar-refractivity contribution is -0.120. The van der Waals surface area contributed by atoms with E-state index < -0.39 is 5.91 Å². The number of hydrogen-bond donors (Lipinski definition) is 2. The molecule has 74 valence electrons. The molecule has 1 aromatic heterocycles. The Morgan fingerprint density at radius 1 is 1.57 bits per heavy atom. The lowest BCUT2D eigenvalue weighted by Crippen LogP contribution is -2.23. The van der Waals surface area contributed by atoms with Crippen LogP contribution in [0.5, 0.6) is 0 Å². The summed E-state index contributed by atoms with van der Waals surface area (Å²) in [5.74, 6) is -0.775. The number of amides is 2. The number of nitrogens with one attached hydrogen (secondary N) is 1. The van der Waals surface area contributed by atoms with Crippen molar-refractivity contribution < 1.29 is 9.59 Å². The van der Waals surface area contributed by atoms with Gasteiger partial charge in [-0.2, -0.15) is 0 Å². The van der Waals surface area contributed by atoms with Crippen LogP contribution < -0.4 is 11.1 Å². The van der Waals surface area contributed by atoms with Crippen LogP contribution in [-0.4, -0.2) is 23.8 Å². The highest BCUT2D eigenvalue weighted by Crippen LogP contribution is 2.04. The smallest absolute Gasteiger partial charge is 0.250 e. The maximum absolute atomic E-state index is 11.1. The largest absolute Gasteiger partial charge is 0.366 e. The van der Waals surface area contributed by atoms with E-state index in [1.165, 1.54) is 13.2 Å². The fourth-order valence-corrected chi connectivity index (χ4v) is 1.04. The standard InChI is InChI=1S/C9H11N3O2/c1-11-8(13)5-7-6(9(10)14)3-2-4-12-7/h2-4H,5H2,1H3,(H2,10,14)(H,11,13). The molecule has 0 bridgehead atoms. The van der Waals surface area contributed by atoms with Crippen molar-refractivity contribution in [1.29, 1.82) is 0 Å². The molecular formula is C9H11N3O2. The van der Waals surface area contributed by atoms with E-state index in [0.717, 1.165) is 0 Å². The second kappa shape index (κ2) is 4.36. The summed E-state index contributed by atoms with van der Waals surface area (Å²) >= 11 is 0. The van der Waals surface area contributed by atoms with E-state index in [0.29, 0.717) is 5.69 Å². The molecule has 1 rings (SSSR count). The molecule has 0 aliphatic heterocycles. The first-order valence-corrected chi connectivity index (χ1v) is 4.09. The summed E-state index contributed by atoms with van der Waals surface area (Å²) in [6.45, 7) is 0. The zero-order chi connectivity index (χ0) is 10.6. The molecule has 5 nitrogen and oxygen atoms in total. The van der Waals surface area contributed by atoms with Crippen molar-refractivity contribution in [1.82, 2.24) is 10.3 Å². The molecule has 1 aromatic rings. The number of carbonyl (C=O) groups excluding carboxylic acids is 2. The van der Waals surface area contributed by atoms with E-state index in [1.54, 1.807) is 12.1 Å². The quantitative estimate of drug-likeness (QED) is 0.676. The zero-order valence-corrected chi connectivity index (χ0v) is 7.78. The molecule has 1 heterocycles. The van der Waals surface area contributed by atoms with Crippen LogP contribution in [-0.2, 0) is 11.2 Å². The lowest BCUT2D eigenvalue weighted by Gasteiger charge is -2.03. The normalized spacial score (nSPS) is 9.50. The number of hydrogen-bond acceptors (Lipinski definition) is 3. The van der Waals surface area contributed by atoms with E-state index in [-0.39, 0.29) is 17.9 Å². The van der Waals surface area contributed by atoms with Gasteiger partial charge in [-0.15, -0.1) is 0 Å². The monoisotopic (exact) mass is 193 g/mol. The number of nitrogens with two attached hydrogens (primary N) is 1. The van der Waals surface area contributed by atoms with Crippen molar-refractivity contribution >= 4 is 11.8 Å². The Balaban J connectivity index is 2.95. The van der Waals surface area contributed by atoms with Crippen LogP contribution in [0.15, 0.2) is 18.3 Å². The first kappa shape index (κ1) is 10.2. The number of primary amides is 1. The van der Waals surface area contributed by atoms with Gasteiger partial charge in [0.1, 0.15) is 0 Å². The summed E-state index contributed by atoms with van der Waals surface area (Å²) < 4.78 is 0. The molecule has 0 radical (unpaired) electrons. The van der Waals surface area contributed by atoms with Crippen molar-refractivity contribution in [3.05, 3.63) is 29.6 Å². The van der Waals surface area contributed by atoms with E-state index in [1.807, 2.05) is 0 Å². The van der Waals surface area contributed by atoms with Crippen molar-refractivity contribution in [2.24, 2.45) is 5.73 Å². The van der Waals surface area contributed by atoms with Crippen LogP contribution in [0.2, 0.25) is 0 Å². The molecule has 0 aliphatic carbocycles. The summed E-state index contributed by atoms with van der Waals surface area (Å²) in [5, 5.41) is 2.45. The molecule has 14 heavy (non-hydrogen) atoms. The second-order valence-corrected chi connectivity index (χ2v) is 2.71. The Morgan fingerprint density at radius 2 is 2.29 bits per heavy atom. The molecule has 0 saturated carbocycles. The third-order valence-corrected chi connectivity index (χ3v) is 1.76. The van der Waals surface area contributed by atoms with Gasteiger partial charge in [0, 0.05) is 13.2 Å². The summed E-state index contributed by atoms with van der Waals surface area (Å²) in [6, 6.07) is 3.15. The maximum Gasteiger partial charge on any atom is 0.250 e. The third kappa shape index (κ3) is 2.29. The summed E-state index contributed by atoms with van der Waals surface area (Å²) in [5.41, 5.74) is 5.81. The summed E-state index contributed by atoms with van der Waals surface area (Å²) in [6.07, 6.45) is 1.58. The molecule has 0 aromatic carbocycles. The predicted octanol–water partition coefficient (Wildman–Crippen LogP) is -0.531. The van der Waals surface area contributed by atoms with Crippen LogP contribution in [0, 0.1) is 0 Å². The van der Waals surface area contributed by atoms with Gasteiger partial charge >= 0.3 is 0 Å². The van der Waals surface area contributed by atoms with Gasteiger partial charge in [0.05, 0.1) is 17.7 Å². The fraction of sp³-hybridized carbons (Fsp3) is 0.222. The van der Waals surface area contributed by atoms with E-state index >= 15 is 0 Å². The minimum Gasteiger partial charge on any atom is -0.366 e. The predicted molar refractivity (Wildman–Crippen MR) is 50.5 cm³/mol. The molecule has 0 spiro atoms. The van der Waals surface area contributed by atoms with Crippen LogP contribution in [0.25, 0.3) is 0 Å². The molecule has 0 unspecified atom stereocenters. The molecule has 0 fully saturated rings. The molecule has 0 aliphatic rings. The van der Waals surface area contributed by atoms with Gasteiger partial charge in [-0.1, -0.05) is 0 Å².